The SMILES string of the molecule is CC[C@@H](CS(=O)(=O)C1CC1)N1C(=O)[C@@](CC)(CC(=O)O)CC(c2cccc(Cl)c2)[C@H]1c1ccc(Cl)cc1. The Balaban J connectivity index is 1.92. The minimum Gasteiger partial charge on any atom is -0.481 e. The lowest BCUT2D eigenvalue weighted by molar-refractivity contribution is -0.161. The maximum Gasteiger partial charge on any atom is 0.304 e. The van der Waals surface area contributed by atoms with Gasteiger partial charge in [-0.25, -0.2) is 8.42 Å². The lowest BCUT2D eigenvalue weighted by atomic mass is 9.65. The number of nitrogens with zero attached hydrogens (tertiary/aromatic N) is 1. The number of rotatable bonds is 10. The molecule has 2 aromatic carbocycles. The predicted octanol–water partition coefficient (Wildman–Crippen LogP) is 6.28. The second-order valence-corrected chi connectivity index (χ2v) is 13.6. The lowest BCUT2D eigenvalue weighted by Gasteiger charge is -2.52. The van der Waals surface area contributed by atoms with Gasteiger partial charge in [0.25, 0.3) is 0 Å². The Hall–Kier alpha value is -2.09. The highest BCUT2D eigenvalue weighted by molar-refractivity contribution is 7.92. The Morgan fingerprint density at radius 2 is 1.76 bits per heavy atom. The van der Waals surface area contributed by atoms with Crippen molar-refractivity contribution < 1.29 is 23.1 Å². The van der Waals surface area contributed by atoms with Gasteiger partial charge in [-0.2, -0.15) is 0 Å². The van der Waals surface area contributed by atoms with E-state index in [9.17, 15) is 23.1 Å². The van der Waals surface area contributed by atoms with Gasteiger partial charge in [0.15, 0.2) is 9.84 Å². The summed E-state index contributed by atoms with van der Waals surface area (Å²) in [5, 5.41) is 10.6. The van der Waals surface area contributed by atoms with Crippen molar-refractivity contribution in [3.63, 3.8) is 0 Å². The van der Waals surface area contributed by atoms with E-state index in [0.717, 1.165) is 11.1 Å². The van der Waals surface area contributed by atoms with E-state index < -0.39 is 33.3 Å². The van der Waals surface area contributed by atoms with E-state index in [4.69, 9.17) is 23.2 Å². The first kappa shape index (κ1) is 27.9. The highest BCUT2D eigenvalue weighted by Gasteiger charge is 2.54. The molecule has 9 heteroatoms. The van der Waals surface area contributed by atoms with E-state index in [2.05, 4.69) is 0 Å². The number of halogens is 2. The number of carboxylic acid groups (broad SMARTS) is 1. The van der Waals surface area contributed by atoms with Gasteiger partial charge in [0, 0.05) is 22.0 Å². The first-order chi connectivity index (χ1) is 17.5. The fourth-order valence-corrected chi connectivity index (χ4v) is 8.17. The molecule has 1 unspecified atom stereocenters. The van der Waals surface area contributed by atoms with Gasteiger partial charge in [0.1, 0.15) is 0 Å². The van der Waals surface area contributed by atoms with Crippen LogP contribution in [0.25, 0.3) is 0 Å². The number of carbonyl (C=O) groups is 2. The number of piperidine rings is 1. The van der Waals surface area contributed by atoms with E-state index >= 15 is 0 Å². The Labute approximate surface area is 228 Å². The molecule has 6 nitrogen and oxygen atoms in total. The average molecular weight is 567 g/mol. The smallest absolute Gasteiger partial charge is 0.304 e. The molecule has 2 aliphatic rings. The number of amides is 1. The summed E-state index contributed by atoms with van der Waals surface area (Å²) in [5.74, 6) is -1.79. The molecule has 1 saturated heterocycles. The molecule has 4 rings (SSSR count). The summed E-state index contributed by atoms with van der Waals surface area (Å²) in [6.45, 7) is 3.71. The molecule has 1 amide bonds. The van der Waals surface area contributed by atoms with Crippen LogP contribution in [-0.4, -0.2) is 47.3 Å². The Morgan fingerprint density at radius 1 is 1.08 bits per heavy atom. The molecule has 1 saturated carbocycles. The van der Waals surface area contributed by atoms with Gasteiger partial charge in [-0.15, -0.1) is 0 Å². The van der Waals surface area contributed by atoms with Gasteiger partial charge in [0.2, 0.25) is 5.91 Å². The first-order valence-corrected chi connectivity index (χ1v) is 15.3. The summed E-state index contributed by atoms with van der Waals surface area (Å²) >= 11 is 12.6. The van der Waals surface area contributed by atoms with Crippen molar-refractivity contribution in [2.45, 2.75) is 75.6 Å². The molecule has 0 aromatic heterocycles. The number of benzene rings is 2. The topological polar surface area (TPSA) is 91.8 Å². The molecule has 2 fully saturated rings. The monoisotopic (exact) mass is 565 g/mol. The number of hydrogen-bond acceptors (Lipinski definition) is 4. The summed E-state index contributed by atoms with van der Waals surface area (Å²) in [7, 11) is -3.39. The molecule has 0 bridgehead atoms. The fraction of sp³-hybridized carbons (Fsp3) is 0.500. The maximum absolute atomic E-state index is 14.4. The lowest BCUT2D eigenvalue weighted by Crippen LogP contribution is -2.58. The summed E-state index contributed by atoms with van der Waals surface area (Å²) in [6, 6.07) is 13.6. The first-order valence-electron chi connectivity index (χ1n) is 12.8. The molecular weight excluding hydrogens is 533 g/mol. The molecule has 200 valence electrons. The zero-order valence-electron chi connectivity index (χ0n) is 21.1. The molecule has 4 atom stereocenters. The minimum absolute atomic E-state index is 0.140. The standard InChI is InChI=1S/C28H33Cl2NO5S/c1-3-22(17-37(35,36)23-12-13-23)31-26(18-8-10-20(29)11-9-18)24(19-6-5-7-21(30)14-19)15-28(4-2,27(31)34)16-25(32)33/h5-11,14,22-24,26H,3-4,12-13,15-17H2,1-2H3,(H,32,33)/t22-,24?,26+,28+/m0/s1. The molecule has 37 heavy (non-hydrogen) atoms. The van der Waals surface area contributed by atoms with Crippen LogP contribution in [0.15, 0.2) is 48.5 Å². The van der Waals surface area contributed by atoms with Crippen LogP contribution in [0.2, 0.25) is 10.0 Å². The van der Waals surface area contributed by atoms with Crippen molar-refractivity contribution in [3.8, 4) is 0 Å². The van der Waals surface area contributed by atoms with E-state index in [1.807, 2.05) is 44.2 Å². The molecule has 1 aliphatic carbocycles. The predicted molar refractivity (Wildman–Crippen MR) is 146 cm³/mol. The van der Waals surface area contributed by atoms with Gasteiger partial charge in [0.05, 0.1) is 28.9 Å². The van der Waals surface area contributed by atoms with Gasteiger partial charge in [-0.05, 0) is 67.5 Å². The third-order valence-electron chi connectivity index (χ3n) is 7.96. The zero-order chi connectivity index (χ0) is 27.0. The Kier molecular flexibility index (Phi) is 8.27. The zero-order valence-corrected chi connectivity index (χ0v) is 23.4. The number of carbonyl (C=O) groups excluding carboxylic acids is 1. The third-order valence-corrected chi connectivity index (χ3v) is 10.8. The van der Waals surface area contributed by atoms with Crippen LogP contribution in [0.1, 0.15) is 75.5 Å². The number of hydrogen-bond donors (Lipinski definition) is 1. The Morgan fingerprint density at radius 3 is 2.30 bits per heavy atom. The summed E-state index contributed by atoms with van der Waals surface area (Å²) in [4.78, 5) is 28.1. The summed E-state index contributed by atoms with van der Waals surface area (Å²) in [6.07, 6.45) is 2.04. The number of likely N-dealkylation sites (tertiary alicyclic amines) is 1. The number of carboxylic acids is 1. The van der Waals surface area contributed by atoms with E-state index in [1.165, 1.54) is 0 Å². The van der Waals surface area contributed by atoms with Gasteiger partial charge < -0.3 is 10.0 Å². The van der Waals surface area contributed by atoms with Crippen molar-refractivity contribution in [3.05, 3.63) is 69.7 Å². The molecule has 2 aromatic rings. The second-order valence-electron chi connectivity index (χ2n) is 10.4. The van der Waals surface area contributed by atoms with Crippen LogP contribution in [0.4, 0.5) is 0 Å². The van der Waals surface area contributed by atoms with Crippen LogP contribution < -0.4 is 0 Å². The van der Waals surface area contributed by atoms with Crippen molar-refractivity contribution in [2.24, 2.45) is 5.41 Å². The molecule has 1 N–H and O–H groups in total. The number of aliphatic carboxylic acids is 1. The molecule has 0 spiro atoms. The normalized spacial score (nSPS) is 25.2. The third kappa shape index (κ3) is 5.84. The average Bonchev–Trinajstić information content (AvgIpc) is 3.70. The molecular formula is C28H33Cl2NO5S. The number of sulfone groups is 1. The van der Waals surface area contributed by atoms with E-state index in [0.29, 0.717) is 42.1 Å². The largest absolute Gasteiger partial charge is 0.481 e. The Bertz CT molecular complexity index is 1260. The molecule has 1 aliphatic heterocycles. The molecule has 0 radical (unpaired) electrons. The highest BCUT2D eigenvalue weighted by Crippen LogP contribution is 2.53. The summed E-state index contributed by atoms with van der Waals surface area (Å²) < 4.78 is 26.3. The van der Waals surface area contributed by atoms with Crippen LogP contribution in [0.5, 0.6) is 0 Å². The van der Waals surface area contributed by atoms with Gasteiger partial charge in [-0.3, -0.25) is 9.59 Å². The maximum atomic E-state index is 14.4. The van der Waals surface area contributed by atoms with Crippen LogP contribution >= 0.6 is 23.2 Å². The van der Waals surface area contributed by atoms with Crippen LogP contribution in [0.3, 0.4) is 0 Å². The van der Waals surface area contributed by atoms with Crippen molar-refractivity contribution in [1.29, 1.82) is 0 Å². The van der Waals surface area contributed by atoms with Crippen molar-refractivity contribution >= 4 is 44.9 Å². The quantitative estimate of drug-likeness (QED) is 0.366. The minimum atomic E-state index is -3.39. The van der Waals surface area contributed by atoms with Crippen molar-refractivity contribution in [1.82, 2.24) is 4.90 Å². The molecule has 1 heterocycles. The summed E-state index contributed by atoms with van der Waals surface area (Å²) in [5.41, 5.74) is 0.538. The van der Waals surface area contributed by atoms with Crippen LogP contribution in [-0.2, 0) is 19.4 Å². The van der Waals surface area contributed by atoms with E-state index in [1.54, 1.807) is 23.1 Å². The van der Waals surface area contributed by atoms with Gasteiger partial charge in [-0.1, -0.05) is 61.3 Å². The van der Waals surface area contributed by atoms with Crippen molar-refractivity contribution in [2.75, 3.05) is 5.75 Å². The van der Waals surface area contributed by atoms with Gasteiger partial charge >= 0.3 is 5.97 Å². The fourth-order valence-electron chi connectivity index (χ4n) is 5.78. The van der Waals surface area contributed by atoms with Crippen LogP contribution in [0, 0.1) is 5.41 Å². The second kappa shape index (κ2) is 11.0. The van der Waals surface area contributed by atoms with E-state index in [-0.39, 0.29) is 29.2 Å². The highest BCUT2D eigenvalue weighted by atomic mass is 35.5.